The number of hydrogen-bond acceptors (Lipinski definition) is 7. The molecule has 1 unspecified atom stereocenters. The van der Waals surface area contributed by atoms with Crippen LogP contribution in [-0.2, 0) is 4.74 Å². The van der Waals surface area contributed by atoms with Gasteiger partial charge in [0.25, 0.3) is 5.89 Å². The van der Waals surface area contributed by atoms with E-state index in [1.54, 1.807) is 39.5 Å². The lowest BCUT2D eigenvalue weighted by molar-refractivity contribution is 0.177. The molecule has 0 aliphatic carbocycles. The number of ether oxygens (including phenoxy) is 3. The Balaban J connectivity index is 2.31. The van der Waals surface area contributed by atoms with Gasteiger partial charge in [0.1, 0.15) is 11.5 Å². The average Bonchev–Trinajstić information content (AvgIpc) is 2.97. The average molecular weight is 279 g/mol. The summed E-state index contributed by atoms with van der Waals surface area (Å²) in [6, 6.07) is 4.89. The Hall–Kier alpha value is -2.12. The van der Waals surface area contributed by atoms with Gasteiger partial charge >= 0.3 is 0 Å². The van der Waals surface area contributed by atoms with Crippen molar-refractivity contribution in [2.45, 2.75) is 6.04 Å². The zero-order chi connectivity index (χ0) is 14.5. The molecule has 0 radical (unpaired) electrons. The predicted octanol–water partition coefficient (Wildman–Crippen LogP) is 1.40. The molecule has 1 aromatic heterocycles. The maximum atomic E-state index is 5.85. The minimum atomic E-state index is -0.426. The van der Waals surface area contributed by atoms with E-state index in [0.717, 1.165) is 0 Å². The Bertz CT molecular complexity index is 548. The zero-order valence-electron chi connectivity index (χ0n) is 11.6. The van der Waals surface area contributed by atoms with Crippen LogP contribution < -0.4 is 15.2 Å². The lowest BCUT2D eigenvalue weighted by Crippen LogP contribution is -2.17. The Morgan fingerprint density at radius 2 is 1.80 bits per heavy atom. The third-order valence-electron chi connectivity index (χ3n) is 2.72. The Kier molecular flexibility index (Phi) is 4.54. The largest absolute Gasteiger partial charge is 0.497 e. The van der Waals surface area contributed by atoms with Gasteiger partial charge in [0.05, 0.1) is 26.9 Å². The van der Waals surface area contributed by atoms with Gasteiger partial charge in [-0.2, -0.15) is 4.98 Å². The first-order valence-electron chi connectivity index (χ1n) is 5.99. The predicted molar refractivity (Wildman–Crippen MR) is 71.6 cm³/mol. The monoisotopic (exact) mass is 279 g/mol. The highest BCUT2D eigenvalue weighted by atomic mass is 16.5. The minimum Gasteiger partial charge on any atom is -0.497 e. The molecule has 2 rings (SSSR count). The minimum absolute atomic E-state index is 0.320. The van der Waals surface area contributed by atoms with E-state index in [4.69, 9.17) is 24.5 Å². The van der Waals surface area contributed by atoms with Gasteiger partial charge in [-0.1, -0.05) is 5.16 Å². The number of rotatable bonds is 6. The standard InChI is InChI=1S/C13H17N3O4/c1-17-7-11(14)12-15-13(20-16-12)8-4-9(18-2)6-10(5-8)19-3/h4-6,11H,7,14H2,1-3H3. The summed E-state index contributed by atoms with van der Waals surface area (Å²) in [6.45, 7) is 0.320. The van der Waals surface area contributed by atoms with Crippen molar-refractivity contribution in [3.63, 3.8) is 0 Å². The first-order valence-corrected chi connectivity index (χ1v) is 5.99. The molecule has 0 fully saturated rings. The smallest absolute Gasteiger partial charge is 0.258 e. The highest BCUT2D eigenvalue weighted by Gasteiger charge is 2.16. The summed E-state index contributed by atoms with van der Waals surface area (Å²) in [6.07, 6.45) is 0. The Labute approximate surface area is 116 Å². The molecule has 0 aliphatic rings. The Morgan fingerprint density at radius 1 is 1.15 bits per heavy atom. The van der Waals surface area contributed by atoms with Crippen LogP contribution in [0.2, 0.25) is 0 Å². The fourth-order valence-corrected chi connectivity index (χ4v) is 1.69. The number of nitrogens with two attached hydrogens (primary N) is 1. The topological polar surface area (TPSA) is 92.6 Å². The van der Waals surface area contributed by atoms with E-state index in [0.29, 0.717) is 35.4 Å². The summed E-state index contributed by atoms with van der Waals surface area (Å²) in [7, 11) is 4.71. The van der Waals surface area contributed by atoms with Gasteiger partial charge in [0, 0.05) is 18.7 Å². The summed E-state index contributed by atoms with van der Waals surface area (Å²) in [4.78, 5) is 4.26. The summed E-state index contributed by atoms with van der Waals surface area (Å²) in [5.41, 5.74) is 6.55. The molecule has 108 valence electrons. The summed E-state index contributed by atoms with van der Waals surface area (Å²) in [5.74, 6) is 2.02. The van der Waals surface area contributed by atoms with Crippen molar-refractivity contribution in [2.24, 2.45) is 5.73 Å². The van der Waals surface area contributed by atoms with E-state index < -0.39 is 6.04 Å². The Morgan fingerprint density at radius 3 is 2.35 bits per heavy atom. The molecule has 2 N–H and O–H groups in total. The molecular weight excluding hydrogens is 262 g/mol. The summed E-state index contributed by atoms with van der Waals surface area (Å²) < 4.78 is 20.6. The molecule has 0 spiro atoms. The number of hydrogen-bond donors (Lipinski definition) is 1. The second-order valence-corrected chi connectivity index (χ2v) is 4.12. The van der Waals surface area contributed by atoms with Gasteiger partial charge in [0.15, 0.2) is 5.82 Å². The molecule has 1 aromatic carbocycles. The van der Waals surface area contributed by atoms with Crippen LogP contribution in [0, 0.1) is 0 Å². The SMILES string of the molecule is COCC(N)c1noc(-c2cc(OC)cc(OC)c2)n1. The maximum absolute atomic E-state index is 5.85. The van der Waals surface area contributed by atoms with Crippen molar-refractivity contribution in [3.05, 3.63) is 24.0 Å². The third-order valence-corrected chi connectivity index (χ3v) is 2.72. The first-order chi connectivity index (χ1) is 9.67. The van der Waals surface area contributed by atoms with Gasteiger partial charge in [-0.05, 0) is 12.1 Å². The van der Waals surface area contributed by atoms with E-state index in [2.05, 4.69) is 10.1 Å². The highest BCUT2D eigenvalue weighted by molar-refractivity contribution is 5.59. The van der Waals surface area contributed by atoms with Crippen LogP contribution in [0.1, 0.15) is 11.9 Å². The second-order valence-electron chi connectivity index (χ2n) is 4.12. The van der Waals surface area contributed by atoms with E-state index in [-0.39, 0.29) is 0 Å². The number of aromatic nitrogens is 2. The fourth-order valence-electron chi connectivity index (χ4n) is 1.69. The number of methoxy groups -OCH3 is 3. The van der Waals surface area contributed by atoms with Crippen molar-refractivity contribution in [1.29, 1.82) is 0 Å². The van der Waals surface area contributed by atoms with E-state index in [1.165, 1.54) is 0 Å². The van der Waals surface area contributed by atoms with Gasteiger partial charge < -0.3 is 24.5 Å². The molecule has 2 aromatic rings. The fraction of sp³-hybridized carbons (Fsp3) is 0.385. The molecular formula is C13H17N3O4. The normalized spacial score (nSPS) is 12.2. The summed E-state index contributed by atoms with van der Waals surface area (Å²) in [5, 5.41) is 3.85. The van der Waals surface area contributed by atoms with Crippen LogP contribution in [0.25, 0.3) is 11.5 Å². The highest BCUT2D eigenvalue weighted by Crippen LogP contribution is 2.29. The van der Waals surface area contributed by atoms with Crippen molar-refractivity contribution >= 4 is 0 Å². The first kappa shape index (κ1) is 14.3. The van der Waals surface area contributed by atoms with Gasteiger partial charge in [0.2, 0.25) is 0 Å². The van der Waals surface area contributed by atoms with Crippen LogP contribution in [0.3, 0.4) is 0 Å². The summed E-state index contributed by atoms with van der Waals surface area (Å²) >= 11 is 0. The van der Waals surface area contributed by atoms with Crippen molar-refractivity contribution in [2.75, 3.05) is 27.9 Å². The number of nitrogens with zero attached hydrogens (tertiary/aromatic N) is 2. The van der Waals surface area contributed by atoms with Gasteiger partial charge in [-0.15, -0.1) is 0 Å². The molecule has 20 heavy (non-hydrogen) atoms. The zero-order valence-corrected chi connectivity index (χ0v) is 11.6. The molecule has 0 saturated heterocycles. The quantitative estimate of drug-likeness (QED) is 0.854. The van der Waals surface area contributed by atoms with Crippen molar-refractivity contribution in [3.8, 4) is 23.0 Å². The van der Waals surface area contributed by atoms with Crippen molar-refractivity contribution in [1.82, 2.24) is 10.1 Å². The van der Waals surface area contributed by atoms with Gasteiger partial charge in [-0.25, -0.2) is 0 Å². The molecule has 1 atom stereocenters. The van der Waals surface area contributed by atoms with Gasteiger partial charge in [-0.3, -0.25) is 0 Å². The second kappa shape index (κ2) is 6.36. The molecule has 7 nitrogen and oxygen atoms in total. The molecule has 0 aliphatic heterocycles. The third kappa shape index (κ3) is 3.06. The molecule has 0 bridgehead atoms. The molecule has 7 heteroatoms. The molecule has 0 amide bonds. The maximum Gasteiger partial charge on any atom is 0.258 e. The van der Waals surface area contributed by atoms with E-state index in [9.17, 15) is 0 Å². The van der Waals surface area contributed by atoms with Crippen LogP contribution in [0.15, 0.2) is 22.7 Å². The molecule has 0 saturated carbocycles. The van der Waals surface area contributed by atoms with Crippen LogP contribution in [0.5, 0.6) is 11.5 Å². The van der Waals surface area contributed by atoms with Crippen LogP contribution in [0.4, 0.5) is 0 Å². The van der Waals surface area contributed by atoms with E-state index >= 15 is 0 Å². The number of benzene rings is 1. The van der Waals surface area contributed by atoms with Crippen LogP contribution >= 0.6 is 0 Å². The van der Waals surface area contributed by atoms with Crippen LogP contribution in [-0.4, -0.2) is 38.1 Å². The van der Waals surface area contributed by atoms with Crippen molar-refractivity contribution < 1.29 is 18.7 Å². The lowest BCUT2D eigenvalue weighted by atomic mass is 10.2. The lowest BCUT2D eigenvalue weighted by Gasteiger charge is -2.05. The molecule has 1 heterocycles. The van der Waals surface area contributed by atoms with E-state index in [1.807, 2.05) is 0 Å².